The first-order valence-corrected chi connectivity index (χ1v) is 3.43. The zero-order valence-corrected chi connectivity index (χ0v) is 6.92. The number of rotatable bonds is 3. The second-order valence-corrected chi connectivity index (χ2v) is 3.22. The number of hydrogen-bond donors (Lipinski definition) is 1. The minimum absolute atomic E-state index is 0.0919. The molecule has 0 aliphatic rings. The Morgan fingerprint density at radius 2 is 2.10 bits per heavy atom. The van der Waals surface area contributed by atoms with Crippen LogP contribution in [0.2, 0.25) is 0 Å². The van der Waals surface area contributed by atoms with E-state index < -0.39 is 0 Å². The molecule has 0 saturated carbocycles. The van der Waals surface area contributed by atoms with E-state index in [4.69, 9.17) is 10.6 Å². The quantitative estimate of drug-likeness (QED) is 0.365. The van der Waals surface area contributed by atoms with Crippen molar-refractivity contribution in [3.8, 4) is 0 Å². The van der Waals surface area contributed by atoms with Gasteiger partial charge in [0.1, 0.15) is 6.61 Å². The maximum atomic E-state index is 5.18. The molecule has 0 aliphatic heterocycles. The van der Waals surface area contributed by atoms with Crippen molar-refractivity contribution in [3.63, 3.8) is 0 Å². The molecule has 0 spiro atoms. The predicted octanol–water partition coefficient (Wildman–Crippen LogP) is 0.994. The third kappa shape index (κ3) is 7.43. The van der Waals surface area contributed by atoms with Crippen LogP contribution >= 0.6 is 0 Å². The van der Waals surface area contributed by atoms with Gasteiger partial charge in [0, 0.05) is 18.2 Å². The molecule has 0 aromatic carbocycles. The van der Waals surface area contributed by atoms with Gasteiger partial charge >= 0.3 is 0 Å². The lowest BCUT2D eigenvalue weighted by atomic mass is 10.00. The Labute approximate surface area is 62.2 Å². The van der Waals surface area contributed by atoms with Gasteiger partial charge in [-0.05, 0) is 0 Å². The molecule has 0 saturated heterocycles. The van der Waals surface area contributed by atoms with Gasteiger partial charge < -0.3 is 10.6 Å². The summed E-state index contributed by atoms with van der Waals surface area (Å²) in [6, 6.07) is 0. The third-order valence-electron chi connectivity index (χ3n) is 0.724. The van der Waals surface area contributed by atoms with Crippen molar-refractivity contribution in [2.24, 2.45) is 16.3 Å². The summed E-state index contributed by atoms with van der Waals surface area (Å²) in [5, 5.41) is 3.73. The van der Waals surface area contributed by atoms with Gasteiger partial charge in [-0.3, -0.25) is 0 Å². The fourth-order valence-electron chi connectivity index (χ4n) is 0.301. The number of nitrogens with two attached hydrogens (primary N) is 1. The number of nitrogens with zero attached hydrogens (tertiary/aromatic N) is 1. The summed E-state index contributed by atoms with van der Waals surface area (Å²) in [7, 11) is 0. The van der Waals surface area contributed by atoms with Gasteiger partial charge in [0.15, 0.2) is 0 Å². The Bertz CT molecular complexity index is 105. The third-order valence-corrected chi connectivity index (χ3v) is 0.724. The molecule has 60 valence electrons. The Balaban J connectivity index is 3.37. The molecule has 0 aromatic heterocycles. The molecular formula is C7H16N2O. The molecule has 0 bridgehead atoms. The van der Waals surface area contributed by atoms with Crippen LogP contribution in [0.4, 0.5) is 0 Å². The van der Waals surface area contributed by atoms with E-state index in [1.165, 1.54) is 0 Å². The fraction of sp³-hybridized carbons (Fsp3) is 0.857. The van der Waals surface area contributed by atoms with Gasteiger partial charge in [0.25, 0.3) is 0 Å². The molecule has 3 heteroatoms. The highest BCUT2D eigenvalue weighted by atomic mass is 16.6. The monoisotopic (exact) mass is 144 g/mol. The van der Waals surface area contributed by atoms with Gasteiger partial charge in [0.05, 0.1) is 0 Å². The van der Waals surface area contributed by atoms with Crippen LogP contribution in [-0.4, -0.2) is 19.4 Å². The van der Waals surface area contributed by atoms with Gasteiger partial charge in [-0.25, -0.2) is 0 Å². The summed E-state index contributed by atoms with van der Waals surface area (Å²) in [6.45, 7) is 7.18. The SMILES string of the molecule is CC(C)(C)C=NOCCN. The van der Waals surface area contributed by atoms with E-state index >= 15 is 0 Å². The van der Waals surface area contributed by atoms with Crippen molar-refractivity contribution >= 4 is 6.21 Å². The first-order chi connectivity index (χ1) is 4.56. The molecule has 0 fully saturated rings. The Morgan fingerprint density at radius 3 is 2.50 bits per heavy atom. The molecule has 0 heterocycles. The molecule has 0 rings (SSSR count). The molecule has 0 aromatic rings. The van der Waals surface area contributed by atoms with Crippen LogP contribution in [-0.2, 0) is 4.84 Å². The normalized spacial score (nSPS) is 12.4. The van der Waals surface area contributed by atoms with Crippen LogP contribution in [0.25, 0.3) is 0 Å². The molecule has 0 atom stereocenters. The van der Waals surface area contributed by atoms with E-state index in [0.717, 1.165) is 0 Å². The molecular weight excluding hydrogens is 128 g/mol. The van der Waals surface area contributed by atoms with Crippen LogP contribution in [0, 0.1) is 5.41 Å². The average molecular weight is 144 g/mol. The average Bonchev–Trinajstić information content (AvgIpc) is 1.78. The predicted molar refractivity (Wildman–Crippen MR) is 43.0 cm³/mol. The summed E-state index contributed by atoms with van der Waals surface area (Å²) in [4.78, 5) is 4.80. The lowest BCUT2D eigenvalue weighted by Crippen LogP contribution is -2.09. The zero-order valence-electron chi connectivity index (χ0n) is 6.92. The second kappa shape index (κ2) is 4.28. The standard InChI is InChI=1S/C7H16N2O/c1-7(2,3)6-9-10-5-4-8/h6H,4-5,8H2,1-3H3. The Morgan fingerprint density at radius 1 is 1.50 bits per heavy atom. The topological polar surface area (TPSA) is 47.6 Å². The summed E-state index contributed by atoms with van der Waals surface area (Å²) >= 11 is 0. The van der Waals surface area contributed by atoms with Gasteiger partial charge in [-0.1, -0.05) is 25.9 Å². The molecule has 0 aliphatic carbocycles. The minimum Gasteiger partial charge on any atom is -0.395 e. The summed E-state index contributed by atoms with van der Waals surface area (Å²) in [5.74, 6) is 0. The van der Waals surface area contributed by atoms with Crippen molar-refractivity contribution in [3.05, 3.63) is 0 Å². The fourth-order valence-corrected chi connectivity index (χ4v) is 0.301. The van der Waals surface area contributed by atoms with E-state index in [1.807, 2.05) is 0 Å². The van der Waals surface area contributed by atoms with Crippen molar-refractivity contribution in [2.45, 2.75) is 20.8 Å². The van der Waals surface area contributed by atoms with Crippen molar-refractivity contribution in [2.75, 3.05) is 13.2 Å². The zero-order chi connectivity index (χ0) is 8.04. The number of hydrogen-bond acceptors (Lipinski definition) is 3. The highest BCUT2D eigenvalue weighted by molar-refractivity contribution is 5.63. The van der Waals surface area contributed by atoms with Gasteiger partial charge in [0.2, 0.25) is 0 Å². The largest absolute Gasteiger partial charge is 0.395 e. The first kappa shape index (κ1) is 9.43. The minimum atomic E-state index is 0.0919. The van der Waals surface area contributed by atoms with E-state index in [1.54, 1.807) is 6.21 Å². The molecule has 2 N–H and O–H groups in total. The van der Waals surface area contributed by atoms with E-state index in [2.05, 4.69) is 25.9 Å². The van der Waals surface area contributed by atoms with Crippen LogP contribution < -0.4 is 5.73 Å². The summed E-state index contributed by atoms with van der Waals surface area (Å²) in [5.41, 5.74) is 5.27. The van der Waals surface area contributed by atoms with E-state index in [9.17, 15) is 0 Å². The summed E-state index contributed by atoms with van der Waals surface area (Å²) < 4.78 is 0. The first-order valence-electron chi connectivity index (χ1n) is 3.43. The van der Waals surface area contributed by atoms with Crippen LogP contribution in [0.15, 0.2) is 5.16 Å². The molecule has 0 amide bonds. The lowest BCUT2D eigenvalue weighted by Gasteiger charge is -2.08. The molecule has 3 nitrogen and oxygen atoms in total. The maximum absolute atomic E-state index is 5.18. The van der Waals surface area contributed by atoms with Crippen molar-refractivity contribution < 1.29 is 4.84 Å². The smallest absolute Gasteiger partial charge is 0.129 e. The van der Waals surface area contributed by atoms with Crippen LogP contribution in [0.3, 0.4) is 0 Å². The maximum Gasteiger partial charge on any atom is 0.129 e. The van der Waals surface area contributed by atoms with Crippen molar-refractivity contribution in [1.29, 1.82) is 0 Å². The van der Waals surface area contributed by atoms with Crippen molar-refractivity contribution in [1.82, 2.24) is 0 Å². The van der Waals surface area contributed by atoms with Gasteiger partial charge in [-0.15, -0.1) is 0 Å². The van der Waals surface area contributed by atoms with Crippen LogP contribution in [0.5, 0.6) is 0 Å². The molecule has 10 heavy (non-hydrogen) atoms. The Kier molecular flexibility index (Phi) is 4.03. The number of oxime groups is 1. The van der Waals surface area contributed by atoms with Gasteiger partial charge in [-0.2, -0.15) is 0 Å². The highest BCUT2D eigenvalue weighted by Crippen LogP contribution is 2.07. The molecule has 0 unspecified atom stereocenters. The Hall–Kier alpha value is -0.570. The van der Waals surface area contributed by atoms with Crippen LogP contribution in [0.1, 0.15) is 20.8 Å². The molecule has 0 radical (unpaired) electrons. The lowest BCUT2D eigenvalue weighted by molar-refractivity contribution is 0.151. The summed E-state index contributed by atoms with van der Waals surface area (Å²) in [6.07, 6.45) is 1.77. The van der Waals surface area contributed by atoms with E-state index in [-0.39, 0.29) is 5.41 Å². The van der Waals surface area contributed by atoms with E-state index in [0.29, 0.717) is 13.2 Å². The highest BCUT2D eigenvalue weighted by Gasteiger charge is 2.04. The second-order valence-electron chi connectivity index (χ2n) is 3.22.